The molecule has 36 heavy (non-hydrogen) atoms. The number of aryl methyl sites for hydroxylation is 1. The highest BCUT2D eigenvalue weighted by Crippen LogP contribution is 2.18. The van der Waals surface area contributed by atoms with Crippen LogP contribution in [0.3, 0.4) is 0 Å². The van der Waals surface area contributed by atoms with Crippen molar-refractivity contribution in [2.45, 2.75) is 59.2 Å². The van der Waals surface area contributed by atoms with Crippen LogP contribution < -0.4 is 5.06 Å². The van der Waals surface area contributed by atoms with Gasteiger partial charge in [0.25, 0.3) is 0 Å². The maximum atomic E-state index is 12.8. The van der Waals surface area contributed by atoms with Gasteiger partial charge in [0.2, 0.25) is 5.82 Å². The smallest absolute Gasteiger partial charge is 0.440 e. The molecule has 3 aromatic rings. The normalized spacial score (nSPS) is 11.9. The highest BCUT2D eigenvalue weighted by molar-refractivity contribution is 6.10. The van der Waals surface area contributed by atoms with Gasteiger partial charge < -0.3 is 9.57 Å². The average molecular weight is 496 g/mol. The summed E-state index contributed by atoms with van der Waals surface area (Å²) in [5.74, 6) is 0.756. The molecule has 0 saturated carbocycles. The van der Waals surface area contributed by atoms with Crippen LogP contribution in [0, 0.1) is 0 Å². The Morgan fingerprint density at radius 2 is 1.86 bits per heavy atom. The quantitative estimate of drug-likeness (QED) is 0.218. The molecule has 0 aliphatic heterocycles. The fourth-order valence-corrected chi connectivity index (χ4v) is 3.10. The van der Waals surface area contributed by atoms with Gasteiger partial charge in [0.15, 0.2) is 18.1 Å². The van der Waals surface area contributed by atoms with Gasteiger partial charge in [-0.15, -0.1) is 10.2 Å². The zero-order valence-electron chi connectivity index (χ0n) is 21.4. The number of aromatic nitrogens is 5. The fraction of sp³-hybridized carbons (Fsp3) is 0.440. The van der Waals surface area contributed by atoms with E-state index >= 15 is 0 Å². The maximum absolute atomic E-state index is 12.8. The van der Waals surface area contributed by atoms with E-state index in [1.165, 1.54) is 4.68 Å². The molecule has 2 aromatic heterocycles. The first-order valence-electron chi connectivity index (χ1n) is 11.9. The molecule has 1 amide bonds. The second-order valence-corrected chi connectivity index (χ2v) is 9.01. The number of unbranched alkanes of at least 4 members (excludes halogenated alkanes) is 2. The Morgan fingerprint density at radius 3 is 2.53 bits per heavy atom. The van der Waals surface area contributed by atoms with Crippen molar-refractivity contribution in [3.8, 4) is 0 Å². The topological polar surface area (TPSA) is 117 Å². The number of tetrazole rings is 1. The minimum absolute atomic E-state index is 0.0491. The molecule has 11 heteroatoms. The lowest BCUT2D eigenvalue weighted by atomic mass is 10.1. The summed E-state index contributed by atoms with van der Waals surface area (Å²) in [6, 6.07) is 14.7. The molecule has 0 bridgehead atoms. The molecule has 0 aliphatic carbocycles. The van der Waals surface area contributed by atoms with Gasteiger partial charge in [-0.2, -0.15) is 0 Å². The van der Waals surface area contributed by atoms with E-state index < -0.39 is 11.7 Å². The molecular formula is C25H33N7O4. The first kappa shape index (κ1) is 26.7. The summed E-state index contributed by atoms with van der Waals surface area (Å²) < 4.78 is 7.03. The van der Waals surface area contributed by atoms with Gasteiger partial charge in [0.05, 0.1) is 12.3 Å². The fourth-order valence-electron chi connectivity index (χ4n) is 3.10. The standard InChI is InChI=1S/C25H33N7O4/c1-6-7-11-17-35-32(24(33)36-25(2,3)4)21-16-12-15-20(26-21)18-34-28-22(19-13-9-8-10-14-19)23-27-29-30-31(23)5/h8-10,12-16H,6-7,11,17-18H2,1-5H3. The van der Waals surface area contributed by atoms with Crippen molar-refractivity contribution < 1.29 is 19.2 Å². The Morgan fingerprint density at radius 1 is 1.08 bits per heavy atom. The van der Waals surface area contributed by atoms with Gasteiger partial charge >= 0.3 is 6.09 Å². The molecule has 0 unspecified atom stereocenters. The molecule has 2 heterocycles. The van der Waals surface area contributed by atoms with E-state index in [0.29, 0.717) is 29.7 Å². The summed E-state index contributed by atoms with van der Waals surface area (Å²) in [5.41, 5.74) is 1.15. The Bertz CT molecular complexity index is 1140. The minimum Gasteiger partial charge on any atom is -0.442 e. The number of amides is 1. The van der Waals surface area contributed by atoms with Crippen molar-refractivity contribution in [2.24, 2.45) is 12.2 Å². The first-order chi connectivity index (χ1) is 17.3. The van der Waals surface area contributed by atoms with E-state index in [1.54, 1.807) is 46.0 Å². The molecule has 1 aromatic carbocycles. The van der Waals surface area contributed by atoms with Crippen LogP contribution in [0.4, 0.5) is 10.6 Å². The van der Waals surface area contributed by atoms with E-state index in [0.717, 1.165) is 29.9 Å². The van der Waals surface area contributed by atoms with Crippen molar-refractivity contribution >= 4 is 17.6 Å². The van der Waals surface area contributed by atoms with Crippen molar-refractivity contribution in [1.29, 1.82) is 0 Å². The number of anilines is 1. The summed E-state index contributed by atoms with van der Waals surface area (Å²) in [6.45, 7) is 7.91. The number of nitrogens with zero attached hydrogens (tertiary/aromatic N) is 7. The number of oxime groups is 1. The van der Waals surface area contributed by atoms with E-state index in [4.69, 9.17) is 14.4 Å². The number of carbonyl (C=O) groups is 1. The van der Waals surface area contributed by atoms with Crippen LogP contribution in [0.5, 0.6) is 0 Å². The second-order valence-electron chi connectivity index (χ2n) is 9.01. The number of ether oxygens (including phenoxy) is 1. The highest BCUT2D eigenvalue weighted by atomic mass is 16.7. The molecule has 0 fully saturated rings. The SMILES string of the molecule is CCCCCON(C(=O)OC(C)(C)C)c1cccc(CON=C(c2ccccc2)c2nnnn2C)n1. The van der Waals surface area contributed by atoms with Crippen LogP contribution in [0.1, 0.15) is 64.0 Å². The van der Waals surface area contributed by atoms with Crippen LogP contribution in [0.15, 0.2) is 53.7 Å². The van der Waals surface area contributed by atoms with E-state index in [-0.39, 0.29) is 6.61 Å². The van der Waals surface area contributed by atoms with Crippen LogP contribution in [-0.2, 0) is 28.1 Å². The van der Waals surface area contributed by atoms with Gasteiger partial charge in [-0.05, 0) is 49.8 Å². The number of hydroxylamine groups is 1. The number of hydrogen-bond donors (Lipinski definition) is 0. The molecular weight excluding hydrogens is 462 g/mol. The summed E-state index contributed by atoms with van der Waals surface area (Å²) in [7, 11) is 1.73. The molecule has 11 nitrogen and oxygen atoms in total. The molecule has 3 rings (SSSR count). The highest BCUT2D eigenvalue weighted by Gasteiger charge is 2.25. The largest absolute Gasteiger partial charge is 0.442 e. The van der Waals surface area contributed by atoms with Gasteiger partial charge in [0, 0.05) is 12.6 Å². The third-order valence-electron chi connectivity index (χ3n) is 4.78. The Hall–Kier alpha value is -3.86. The molecule has 0 spiro atoms. The number of rotatable bonds is 11. The van der Waals surface area contributed by atoms with Crippen molar-refractivity contribution in [1.82, 2.24) is 25.2 Å². The van der Waals surface area contributed by atoms with Gasteiger partial charge in [-0.1, -0.05) is 61.3 Å². The maximum Gasteiger partial charge on any atom is 0.440 e. The summed E-state index contributed by atoms with van der Waals surface area (Å²) in [6.07, 6.45) is 2.21. The minimum atomic E-state index is -0.680. The number of benzene rings is 1. The average Bonchev–Trinajstić information content (AvgIpc) is 3.27. The van der Waals surface area contributed by atoms with Gasteiger partial charge in [-0.3, -0.25) is 4.84 Å². The third kappa shape index (κ3) is 7.84. The molecule has 0 aliphatic rings. The molecule has 0 radical (unpaired) electrons. The van der Waals surface area contributed by atoms with Crippen molar-refractivity contribution in [2.75, 3.05) is 11.7 Å². The Kier molecular flexibility index (Phi) is 9.46. The zero-order chi connectivity index (χ0) is 26.0. The monoisotopic (exact) mass is 495 g/mol. The predicted octanol–water partition coefficient (Wildman–Crippen LogP) is 4.44. The predicted molar refractivity (Wildman–Crippen MR) is 134 cm³/mol. The van der Waals surface area contributed by atoms with Crippen LogP contribution in [0.2, 0.25) is 0 Å². The van der Waals surface area contributed by atoms with Crippen LogP contribution in [0.25, 0.3) is 0 Å². The number of hydrogen-bond acceptors (Lipinski definition) is 9. The summed E-state index contributed by atoms with van der Waals surface area (Å²) >= 11 is 0. The van der Waals surface area contributed by atoms with Gasteiger partial charge in [0.1, 0.15) is 5.60 Å². The Labute approximate surface area is 211 Å². The van der Waals surface area contributed by atoms with Crippen molar-refractivity contribution in [3.63, 3.8) is 0 Å². The molecule has 0 N–H and O–H groups in total. The van der Waals surface area contributed by atoms with E-state index in [1.807, 2.05) is 30.3 Å². The molecule has 0 atom stereocenters. The zero-order valence-corrected chi connectivity index (χ0v) is 21.4. The molecule has 192 valence electrons. The Balaban J connectivity index is 1.78. The number of carbonyl (C=O) groups excluding carboxylic acids is 1. The van der Waals surface area contributed by atoms with E-state index in [2.05, 4.69) is 32.6 Å². The van der Waals surface area contributed by atoms with Crippen LogP contribution in [-0.4, -0.2) is 49.2 Å². The summed E-state index contributed by atoms with van der Waals surface area (Å²) in [5, 5.41) is 17.0. The van der Waals surface area contributed by atoms with Crippen molar-refractivity contribution in [3.05, 3.63) is 65.6 Å². The lowest BCUT2D eigenvalue weighted by Crippen LogP contribution is -2.37. The lowest BCUT2D eigenvalue weighted by Gasteiger charge is -2.26. The number of pyridine rings is 1. The molecule has 0 saturated heterocycles. The first-order valence-corrected chi connectivity index (χ1v) is 11.9. The summed E-state index contributed by atoms with van der Waals surface area (Å²) in [4.78, 5) is 28.8. The third-order valence-corrected chi connectivity index (χ3v) is 4.78. The second kappa shape index (κ2) is 12.7. The van der Waals surface area contributed by atoms with Crippen LogP contribution >= 0.6 is 0 Å². The van der Waals surface area contributed by atoms with E-state index in [9.17, 15) is 4.79 Å². The lowest BCUT2D eigenvalue weighted by molar-refractivity contribution is 0.0214. The van der Waals surface area contributed by atoms with Gasteiger partial charge in [-0.25, -0.2) is 14.5 Å².